The normalized spacial score (nSPS) is 10.9. The Morgan fingerprint density at radius 3 is 2.00 bits per heavy atom. The second-order valence-electron chi connectivity index (χ2n) is 6.17. The zero-order valence-electron chi connectivity index (χ0n) is 14.6. The van der Waals surface area contributed by atoms with E-state index in [2.05, 4.69) is 9.97 Å². The second-order valence-corrected chi connectivity index (χ2v) is 6.17. The molecule has 144 valence electrons. The summed E-state index contributed by atoms with van der Waals surface area (Å²) in [6, 6.07) is 11.6. The largest absolute Gasteiger partial charge is 0.477 e. The van der Waals surface area contributed by atoms with Crippen molar-refractivity contribution in [1.29, 1.82) is 0 Å². The summed E-state index contributed by atoms with van der Waals surface area (Å²) in [6.07, 6.45) is 0. The van der Waals surface area contributed by atoms with E-state index in [-0.39, 0.29) is 33.2 Å². The van der Waals surface area contributed by atoms with E-state index in [1.165, 1.54) is 6.07 Å². The lowest BCUT2D eigenvalue weighted by atomic mass is 10.1. The molecule has 0 aliphatic heterocycles. The fourth-order valence-electron chi connectivity index (χ4n) is 3.03. The monoisotopic (exact) mass is 392 g/mol. The SMILES string of the molecule is O=C(O)c1cc(=O)c2c([nH]1)c(Oc1ccccc1)cc1c(=O)cc(C(=O)O)[nH]c12. The molecule has 29 heavy (non-hydrogen) atoms. The number of benzene rings is 2. The Balaban J connectivity index is 2.15. The molecule has 4 aromatic rings. The van der Waals surface area contributed by atoms with E-state index in [1.54, 1.807) is 30.3 Å². The molecule has 0 radical (unpaired) electrons. The standard InChI is InChI=1S/C20H12N2O7/c23-13-7-11(19(25)26)21-17-10(13)6-15(29-9-4-2-1-3-5-9)18-16(17)14(24)8-12(22-18)20(27)28/h1-8H,(H,21,23)(H,22,24)(H,25,26)(H,27,28). The molecule has 0 saturated heterocycles. The van der Waals surface area contributed by atoms with Crippen LogP contribution in [-0.2, 0) is 0 Å². The summed E-state index contributed by atoms with van der Waals surface area (Å²) in [5, 5.41) is 18.4. The average molecular weight is 392 g/mol. The van der Waals surface area contributed by atoms with E-state index in [4.69, 9.17) is 4.74 Å². The zero-order valence-corrected chi connectivity index (χ0v) is 14.6. The van der Waals surface area contributed by atoms with Crippen LogP contribution in [0.4, 0.5) is 0 Å². The van der Waals surface area contributed by atoms with Crippen LogP contribution in [-0.4, -0.2) is 32.1 Å². The van der Waals surface area contributed by atoms with Crippen molar-refractivity contribution in [2.75, 3.05) is 0 Å². The topological polar surface area (TPSA) is 150 Å². The molecule has 4 N–H and O–H groups in total. The number of ether oxygens (including phenoxy) is 1. The van der Waals surface area contributed by atoms with Crippen molar-refractivity contribution in [3.63, 3.8) is 0 Å². The molecule has 4 rings (SSSR count). The van der Waals surface area contributed by atoms with E-state index in [0.717, 1.165) is 12.1 Å². The minimum Gasteiger partial charge on any atom is -0.477 e. The smallest absolute Gasteiger partial charge is 0.352 e. The molecule has 2 heterocycles. The highest BCUT2D eigenvalue weighted by atomic mass is 16.5. The Morgan fingerprint density at radius 2 is 1.38 bits per heavy atom. The Kier molecular flexibility index (Phi) is 4.12. The van der Waals surface area contributed by atoms with Gasteiger partial charge in [-0.3, -0.25) is 9.59 Å². The van der Waals surface area contributed by atoms with Crippen molar-refractivity contribution in [1.82, 2.24) is 9.97 Å². The van der Waals surface area contributed by atoms with Gasteiger partial charge in [0.2, 0.25) is 0 Å². The van der Waals surface area contributed by atoms with E-state index in [1.807, 2.05) is 0 Å². The molecule has 9 nitrogen and oxygen atoms in total. The van der Waals surface area contributed by atoms with Crippen LogP contribution in [0.1, 0.15) is 21.0 Å². The molecule has 0 amide bonds. The van der Waals surface area contributed by atoms with Crippen molar-refractivity contribution in [3.05, 3.63) is 80.4 Å². The molecule has 0 unspecified atom stereocenters. The lowest BCUT2D eigenvalue weighted by Gasteiger charge is -2.12. The van der Waals surface area contributed by atoms with Crippen molar-refractivity contribution < 1.29 is 24.5 Å². The van der Waals surface area contributed by atoms with Crippen LogP contribution < -0.4 is 15.6 Å². The molecule has 0 spiro atoms. The Bertz CT molecular complexity index is 1420. The third kappa shape index (κ3) is 3.10. The second kappa shape index (κ2) is 6.64. The van der Waals surface area contributed by atoms with Crippen LogP contribution in [0.5, 0.6) is 11.5 Å². The van der Waals surface area contributed by atoms with Crippen LogP contribution in [0.2, 0.25) is 0 Å². The molecule has 2 aromatic heterocycles. The highest BCUT2D eigenvalue weighted by molar-refractivity contribution is 6.08. The molecule has 0 aliphatic rings. The van der Waals surface area contributed by atoms with Crippen LogP contribution >= 0.6 is 0 Å². The Labute approximate surface area is 160 Å². The number of aromatic carboxylic acids is 2. The van der Waals surface area contributed by atoms with Crippen LogP contribution in [0.25, 0.3) is 21.8 Å². The molecule has 0 bridgehead atoms. The lowest BCUT2D eigenvalue weighted by Crippen LogP contribution is -2.14. The summed E-state index contributed by atoms with van der Waals surface area (Å²) >= 11 is 0. The number of hydrogen-bond acceptors (Lipinski definition) is 5. The van der Waals surface area contributed by atoms with Crippen molar-refractivity contribution in [2.24, 2.45) is 0 Å². The van der Waals surface area contributed by atoms with E-state index in [9.17, 15) is 29.4 Å². The average Bonchev–Trinajstić information content (AvgIpc) is 2.68. The molecule has 0 fully saturated rings. The van der Waals surface area contributed by atoms with Gasteiger partial charge >= 0.3 is 11.9 Å². The number of aromatic nitrogens is 2. The maximum atomic E-state index is 12.7. The Morgan fingerprint density at radius 1 is 0.793 bits per heavy atom. The summed E-state index contributed by atoms with van der Waals surface area (Å²) in [4.78, 5) is 53.1. The van der Waals surface area contributed by atoms with Gasteiger partial charge in [0.15, 0.2) is 16.6 Å². The van der Waals surface area contributed by atoms with Crippen LogP contribution in [0, 0.1) is 0 Å². The molecule has 0 saturated carbocycles. The highest BCUT2D eigenvalue weighted by Gasteiger charge is 2.19. The van der Waals surface area contributed by atoms with Gasteiger partial charge in [-0.15, -0.1) is 0 Å². The van der Waals surface area contributed by atoms with Gasteiger partial charge in [-0.1, -0.05) is 18.2 Å². The molecule has 2 aromatic carbocycles. The number of nitrogens with one attached hydrogen (secondary N) is 2. The van der Waals surface area contributed by atoms with Gasteiger partial charge in [-0.25, -0.2) is 9.59 Å². The summed E-state index contributed by atoms with van der Waals surface area (Å²) in [7, 11) is 0. The van der Waals surface area contributed by atoms with Crippen molar-refractivity contribution in [3.8, 4) is 11.5 Å². The summed E-state index contributed by atoms with van der Waals surface area (Å²) in [5.41, 5.74) is -2.12. The van der Waals surface area contributed by atoms with Gasteiger partial charge in [-0.2, -0.15) is 0 Å². The Hall–Kier alpha value is -4.40. The van der Waals surface area contributed by atoms with Gasteiger partial charge < -0.3 is 24.9 Å². The predicted molar refractivity (Wildman–Crippen MR) is 103 cm³/mol. The summed E-state index contributed by atoms with van der Waals surface area (Å²) in [6.45, 7) is 0. The molecular formula is C20H12N2O7. The quantitative estimate of drug-likeness (QED) is 0.390. The molecular weight excluding hydrogens is 380 g/mol. The van der Waals surface area contributed by atoms with Gasteiger partial charge in [-0.05, 0) is 18.2 Å². The number of H-pyrrole nitrogens is 2. The minimum atomic E-state index is -1.37. The first kappa shape index (κ1) is 18.0. The van der Waals surface area contributed by atoms with Crippen molar-refractivity contribution in [2.45, 2.75) is 0 Å². The number of fused-ring (bicyclic) bond motifs is 3. The van der Waals surface area contributed by atoms with Gasteiger partial charge in [0, 0.05) is 12.1 Å². The van der Waals surface area contributed by atoms with Crippen LogP contribution in [0.15, 0.2) is 58.1 Å². The highest BCUT2D eigenvalue weighted by Crippen LogP contribution is 2.32. The maximum absolute atomic E-state index is 12.7. The number of pyridine rings is 2. The first-order chi connectivity index (χ1) is 13.8. The number of rotatable bonds is 4. The lowest BCUT2D eigenvalue weighted by molar-refractivity contribution is 0.0680. The first-order valence-corrected chi connectivity index (χ1v) is 8.31. The maximum Gasteiger partial charge on any atom is 0.352 e. The minimum absolute atomic E-state index is 0.0180. The van der Waals surface area contributed by atoms with Crippen LogP contribution in [0.3, 0.4) is 0 Å². The van der Waals surface area contributed by atoms with Gasteiger partial charge in [0.1, 0.15) is 17.1 Å². The molecule has 9 heteroatoms. The first-order valence-electron chi connectivity index (χ1n) is 8.31. The molecule has 0 aliphatic carbocycles. The fourth-order valence-corrected chi connectivity index (χ4v) is 3.03. The van der Waals surface area contributed by atoms with Gasteiger partial charge in [0.25, 0.3) is 0 Å². The number of carboxylic acids is 2. The summed E-state index contributed by atoms with van der Waals surface area (Å²) < 4.78 is 5.79. The number of hydrogen-bond donors (Lipinski definition) is 4. The van der Waals surface area contributed by atoms with E-state index < -0.39 is 28.5 Å². The van der Waals surface area contributed by atoms with Gasteiger partial charge in [0.05, 0.1) is 21.8 Å². The van der Waals surface area contributed by atoms with E-state index in [0.29, 0.717) is 5.75 Å². The third-order valence-corrected chi connectivity index (χ3v) is 4.31. The van der Waals surface area contributed by atoms with E-state index >= 15 is 0 Å². The summed E-state index contributed by atoms with van der Waals surface area (Å²) in [5.74, 6) is -2.29. The zero-order chi connectivity index (χ0) is 20.7. The van der Waals surface area contributed by atoms with Crippen molar-refractivity contribution >= 4 is 33.7 Å². The molecule has 0 atom stereocenters. The predicted octanol–water partition coefficient (Wildman–Crippen LogP) is 2.56. The third-order valence-electron chi connectivity index (χ3n) is 4.31. The number of carbonyl (C=O) groups is 2. The fraction of sp³-hybridized carbons (Fsp3) is 0. The number of aromatic amines is 2. The number of para-hydroxylation sites is 1. The number of carboxylic acid groups (broad SMARTS) is 2.